The fraction of sp³-hybridized carbons (Fsp3) is 0.947. The molecule has 1 heterocycles. The standard InChI is InChI=1S/C19H35N3O/c1-3-23-14-12-18(7-4-5-8-18)15-21-17(20-2)22-13-11-19(16-22)9-6-10-19/h3-16H2,1-2H3,(H,20,21). The zero-order chi connectivity index (χ0) is 16.2. The molecular formula is C19H35N3O. The number of aliphatic imine (C=N–C) groups is 1. The van der Waals surface area contributed by atoms with E-state index in [0.717, 1.165) is 25.7 Å². The van der Waals surface area contributed by atoms with E-state index in [9.17, 15) is 0 Å². The van der Waals surface area contributed by atoms with Gasteiger partial charge in [-0.25, -0.2) is 0 Å². The van der Waals surface area contributed by atoms with Crippen LogP contribution < -0.4 is 5.32 Å². The lowest BCUT2D eigenvalue weighted by atomic mass is 9.68. The van der Waals surface area contributed by atoms with E-state index in [0.29, 0.717) is 10.8 Å². The van der Waals surface area contributed by atoms with Gasteiger partial charge in [-0.15, -0.1) is 0 Å². The lowest BCUT2D eigenvalue weighted by Gasteiger charge is -2.38. The van der Waals surface area contributed by atoms with E-state index in [2.05, 4.69) is 22.1 Å². The number of hydrogen-bond donors (Lipinski definition) is 1. The number of hydrogen-bond acceptors (Lipinski definition) is 2. The number of ether oxygens (including phenoxy) is 1. The van der Waals surface area contributed by atoms with Crippen LogP contribution in [0.1, 0.15) is 64.7 Å². The topological polar surface area (TPSA) is 36.9 Å². The first-order chi connectivity index (χ1) is 11.2. The summed E-state index contributed by atoms with van der Waals surface area (Å²) in [6, 6.07) is 0. The number of likely N-dealkylation sites (tertiary alicyclic amines) is 1. The van der Waals surface area contributed by atoms with Crippen LogP contribution in [0.2, 0.25) is 0 Å². The summed E-state index contributed by atoms with van der Waals surface area (Å²) in [5.41, 5.74) is 1.07. The van der Waals surface area contributed by atoms with Gasteiger partial charge in [-0.2, -0.15) is 0 Å². The van der Waals surface area contributed by atoms with E-state index in [1.807, 2.05) is 7.05 Å². The first kappa shape index (κ1) is 17.1. The van der Waals surface area contributed by atoms with Crippen molar-refractivity contribution in [2.24, 2.45) is 15.8 Å². The summed E-state index contributed by atoms with van der Waals surface area (Å²) in [6.45, 7) is 7.30. The molecule has 0 unspecified atom stereocenters. The molecule has 2 saturated carbocycles. The van der Waals surface area contributed by atoms with Gasteiger partial charge in [0.2, 0.25) is 0 Å². The minimum absolute atomic E-state index is 0.430. The Balaban J connectivity index is 1.52. The molecule has 0 bridgehead atoms. The van der Waals surface area contributed by atoms with Crippen molar-refractivity contribution in [1.82, 2.24) is 10.2 Å². The third-order valence-electron chi connectivity index (χ3n) is 6.63. The van der Waals surface area contributed by atoms with Gasteiger partial charge in [-0.05, 0) is 56.3 Å². The fourth-order valence-corrected chi connectivity index (χ4v) is 4.87. The summed E-state index contributed by atoms with van der Waals surface area (Å²) < 4.78 is 5.63. The van der Waals surface area contributed by atoms with Gasteiger partial charge in [0, 0.05) is 39.9 Å². The number of nitrogens with zero attached hydrogens (tertiary/aromatic N) is 2. The highest BCUT2D eigenvalue weighted by Crippen LogP contribution is 2.48. The smallest absolute Gasteiger partial charge is 0.193 e. The van der Waals surface area contributed by atoms with Crippen molar-refractivity contribution in [2.75, 3.05) is 39.9 Å². The molecule has 1 spiro atoms. The van der Waals surface area contributed by atoms with E-state index >= 15 is 0 Å². The normalized spacial score (nSPS) is 25.8. The van der Waals surface area contributed by atoms with Crippen molar-refractivity contribution in [3.8, 4) is 0 Å². The Morgan fingerprint density at radius 3 is 2.48 bits per heavy atom. The SMILES string of the molecule is CCOCCC1(CNC(=NC)N2CCC3(CCC3)C2)CCCC1. The second kappa shape index (κ2) is 7.42. The van der Waals surface area contributed by atoms with E-state index in [1.165, 1.54) is 70.9 Å². The maximum Gasteiger partial charge on any atom is 0.193 e. The van der Waals surface area contributed by atoms with Crippen molar-refractivity contribution in [2.45, 2.75) is 64.7 Å². The third-order valence-corrected chi connectivity index (χ3v) is 6.63. The van der Waals surface area contributed by atoms with Crippen LogP contribution in [0.25, 0.3) is 0 Å². The summed E-state index contributed by atoms with van der Waals surface area (Å²) >= 11 is 0. The van der Waals surface area contributed by atoms with Gasteiger partial charge in [-0.1, -0.05) is 19.3 Å². The molecule has 0 amide bonds. The van der Waals surface area contributed by atoms with Crippen molar-refractivity contribution < 1.29 is 4.74 Å². The van der Waals surface area contributed by atoms with Crippen LogP contribution in [0.3, 0.4) is 0 Å². The summed E-state index contributed by atoms with van der Waals surface area (Å²) in [4.78, 5) is 7.09. The first-order valence-electron chi connectivity index (χ1n) is 9.74. The van der Waals surface area contributed by atoms with E-state index < -0.39 is 0 Å². The summed E-state index contributed by atoms with van der Waals surface area (Å²) in [7, 11) is 1.94. The fourth-order valence-electron chi connectivity index (χ4n) is 4.87. The molecule has 132 valence electrons. The van der Waals surface area contributed by atoms with Gasteiger partial charge >= 0.3 is 0 Å². The Kier molecular flexibility index (Phi) is 5.50. The van der Waals surface area contributed by atoms with Gasteiger partial charge in [0.05, 0.1) is 0 Å². The molecule has 0 atom stereocenters. The van der Waals surface area contributed by atoms with Gasteiger partial charge in [-0.3, -0.25) is 4.99 Å². The molecule has 3 rings (SSSR count). The molecule has 1 aliphatic heterocycles. The highest BCUT2D eigenvalue weighted by atomic mass is 16.5. The Morgan fingerprint density at radius 2 is 1.91 bits per heavy atom. The van der Waals surface area contributed by atoms with Gasteiger partial charge in [0.15, 0.2) is 5.96 Å². The van der Waals surface area contributed by atoms with Crippen molar-refractivity contribution in [3.05, 3.63) is 0 Å². The van der Waals surface area contributed by atoms with Crippen molar-refractivity contribution >= 4 is 5.96 Å². The molecule has 1 saturated heterocycles. The molecule has 3 aliphatic rings. The van der Waals surface area contributed by atoms with Crippen LogP contribution >= 0.6 is 0 Å². The van der Waals surface area contributed by atoms with Crippen LogP contribution in [-0.2, 0) is 4.74 Å². The van der Waals surface area contributed by atoms with Crippen molar-refractivity contribution in [3.63, 3.8) is 0 Å². The predicted molar refractivity (Wildman–Crippen MR) is 95.8 cm³/mol. The van der Waals surface area contributed by atoms with Crippen LogP contribution in [-0.4, -0.2) is 50.8 Å². The molecule has 0 aromatic heterocycles. The second-order valence-electron chi connectivity index (χ2n) is 8.08. The molecule has 0 aromatic carbocycles. The van der Waals surface area contributed by atoms with E-state index in [4.69, 9.17) is 4.74 Å². The highest BCUT2D eigenvalue weighted by Gasteiger charge is 2.44. The quantitative estimate of drug-likeness (QED) is 0.463. The number of nitrogens with one attached hydrogen (secondary N) is 1. The predicted octanol–water partition coefficient (Wildman–Crippen LogP) is 3.42. The molecule has 2 aliphatic carbocycles. The average molecular weight is 322 g/mol. The van der Waals surface area contributed by atoms with Crippen LogP contribution in [0.15, 0.2) is 4.99 Å². The van der Waals surface area contributed by atoms with Gasteiger partial charge in [0.1, 0.15) is 0 Å². The monoisotopic (exact) mass is 321 g/mol. The van der Waals surface area contributed by atoms with Crippen LogP contribution in [0.4, 0.5) is 0 Å². The minimum atomic E-state index is 0.430. The second-order valence-corrected chi connectivity index (χ2v) is 8.08. The lowest BCUT2D eigenvalue weighted by molar-refractivity contribution is 0.104. The summed E-state index contributed by atoms with van der Waals surface area (Å²) in [5, 5.41) is 3.73. The molecule has 4 nitrogen and oxygen atoms in total. The maximum absolute atomic E-state index is 5.63. The highest BCUT2D eigenvalue weighted by molar-refractivity contribution is 5.80. The summed E-state index contributed by atoms with van der Waals surface area (Å²) in [5.74, 6) is 1.14. The lowest BCUT2D eigenvalue weighted by Crippen LogP contribution is -2.46. The molecule has 0 aromatic rings. The zero-order valence-corrected chi connectivity index (χ0v) is 15.2. The van der Waals surface area contributed by atoms with E-state index in [1.54, 1.807) is 0 Å². The Hall–Kier alpha value is -0.770. The third kappa shape index (κ3) is 3.84. The Bertz CT molecular complexity index is 411. The molecule has 0 radical (unpaired) electrons. The minimum Gasteiger partial charge on any atom is -0.382 e. The molecule has 23 heavy (non-hydrogen) atoms. The molecular weight excluding hydrogens is 286 g/mol. The first-order valence-corrected chi connectivity index (χ1v) is 9.74. The van der Waals surface area contributed by atoms with E-state index in [-0.39, 0.29) is 0 Å². The Labute approximate surface area is 142 Å². The molecule has 3 fully saturated rings. The maximum atomic E-state index is 5.63. The number of guanidine groups is 1. The Morgan fingerprint density at radius 1 is 1.13 bits per heavy atom. The van der Waals surface area contributed by atoms with Gasteiger partial charge in [0.25, 0.3) is 0 Å². The zero-order valence-electron chi connectivity index (χ0n) is 15.2. The average Bonchev–Trinajstić information content (AvgIpc) is 3.16. The van der Waals surface area contributed by atoms with Crippen molar-refractivity contribution in [1.29, 1.82) is 0 Å². The van der Waals surface area contributed by atoms with Crippen LogP contribution in [0, 0.1) is 10.8 Å². The van der Waals surface area contributed by atoms with Gasteiger partial charge < -0.3 is 15.0 Å². The molecule has 4 heteroatoms. The summed E-state index contributed by atoms with van der Waals surface area (Å²) in [6.07, 6.45) is 12.3. The number of rotatable bonds is 6. The van der Waals surface area contributed by atoms with Crippen LogP contribution in [0.5, 0.6) is 0 Å². The largest absolute Gasteiger partial charge is 0.382 e. The molecule has 1 N–H and O–H groups in total.